The third kappa shape index (κ3) is 6.16. The smallest absolute Gasteiger partial charge is 0.256 e. The zero-order valence-corrected chi connectivity index (χ0v) is 20.1. The molecule has 3 aromatic rings. The number of anilines is 3. The van der Waals surface area contributed by atoms with Crippen LogP contribution in [0.25, 0.3) is 0 Å². The predicted molar refractivity (Wildman–Crippen MR) is 138 cm³/mol. The molecule has 1 fully saturated rings. The summed E-state index contributed by atoms with van der Waals surface area (Å²) in [5.41, 5.74) is 3.32. The van der Waals surface area contributed by atoms with Gasteiger partial charge in [0.2, 0.25) is 17.7 Å². The third-order valence-corrected chi connectivity index (χ3v) is 6.56. The molecule has 0 spiro atoms. The largest absolute Gasteiger partial charge is 0.325 e. The van der Waals surface area contributed by atoms with E-state index in [1.165, 1.54) is 16.7 Å². The predicted octanol–water partition coefficient (Wildman–Crippen LogP) is 5.02. The summed E-state index contributed by atoms with van der Waals surface area (Å²) in [6, 6.07) is 21.3. The van der Waals surface area contributed by atoms with Crippen molar-refractivity contribution in [2.75, 3.05) is 21.3 Å². The van der Waals surface area contributed by atoms with Crippen LogP contribution in [-0.2, 0) is 14.4 Å². The molecule has 0 saturated carbocycles. The molecule has 1 aliphatic rings. The summed E-state index contributed by atoms with van der Waals surface area (Å²) in [5, 5.41) is 5.70. The van der Waals surface area contributed by atoms with Crippen molar-refractivity contribution in [1.29, 1.82) is 0 Å². The lowest BCUT2D eigenvalue weighted by atomic mass is 10.1. The SMILES string of the molecule is Cc1ccc(NC(=O)CSc2ccccc2C(=O)Nc2ccc(N3C(=O)CCCC3=O)cc2)cc1. The fraction of sp³-hybridized carbons (Fsp3) is 0.185. The number of aryl methyl sites for hydroxylation is 1. The van der Waals surface area contributed by atoms with Gasteiger partial charge in [-0.25, -0.2) is 0 Å². The van der Waals surface area contributed by atoms with Gasteiger partial charge in [0.15, 0.2) is 0 Å². The number of amides is 4. The maximum atomic E-state index is 12.9. The molecule has 0 unspecified atom stereocenters. The molecule has 0 aliphatic carbocycles. The van der Waals surface area contributed by atoms with Crippen molar-refractivity contribution in [3.05, 3.63) is 83.9 Å². The Hall–Kier alpha value is -3.91. The maximum Gasteiger partial charge on any atom is 0.256 e. The Morgan fingerprint density at radius 1 is 0.829 bits per heavy atom. The van der Waals surface area contributed by atoms with Gasteiger partial charge in [0.25, 0.3) is 5.91 Å². The highest BCUT2D eigenvalue weighted by molar-refractivity contribution is 8.00. The fourth-order valence-electron chi connectivity index (χ4n) is 3.69. The highest BCUT2D eigenvalue weighted by Crippen LogP contribution is 2.26. The number of thioether (sulfide) groups is 1. The Morgan fingerprint density at radius 2 is 1.43 bits per heavy atom. The highest BCUT2D eigenvalue weighted by atomic mass is 32.2. The number of hydrogen-bond acceptors (Lipinski definition) is 5. The molecule has 0 aromatic heterocycles. The van der Waals surface area contributed by atoms with Crippen LogP contribution in [0.15, 0.2) is 77.7 Å². The molecule has 7 nitrogen and oxygen atoms in total. The Bertz CT molecular complexity index is 1240. The molecule has 3 aromatic carbocycles. The lowest BCUT2D eigenvalue weighted by Crippen LogP contribution is -2.40. The first kappa shape index (κ1) is 24.2. The number of hydrogen-bond donors (Lipinski definition) is 2. The number of carbonyl (C=O) groups excluding carboxylic acids is 4. The van der Waals surface area contributed by atoms with E-state index >= 15 is 0 Å². The van der Waals surface area contributed by atoms with Gasteiger partial charge in [-0.2, -0.15) is 0 Å². The second-order valence-electron chi connectivity index (χ2n) is 8.18. The summed E-state index contributed by atoms with van der Waals surface area (Å²) >= 11 is 1.28. The first-order valence-electron chi connectivity index (χ1n) is 11.3. The Morgan fingerprint density at radius 3 is 2.11 bits per heavy atom. The van der Waals surface area contributed by atoms with E-state index in [0.717, 1.165) is 11.3 Å². The molecule has 0 bridgehead atoms. The second kappa shape index (κ2) is 11.0. The quantitative estimate of drug-likeness (QED) is 0.360. The molecule has 0 atom stereocenters. The average molecular weight is 488 g/mol. The number of nitrogens with one attached hydrogen (secondary N) is 2. The third-order valence-electron chi connectivity index (χ3n) is 5.49. The molecular formula is C27H25N3O4S. The molecule has 178 valence electrons. The molecule has 1 heterocycles. The van der Waals surface area contributed by atoms with Gasteiger partial charge in [-0.3, -0.25) is 24.1 Å². The summed E-state index contributed by atoms with van der Waals surface area (Å²) in [7, 11) is 0. The van der Waals surface area contributed by atoms with E-state index in [2.05, 4.69) is 10.6 Å². The first-order valence-corrected chi connectivity index (χ1v) is 12.2. The van der Waals surface area contributed by atoms with Crippen LogP contribution in [-0.4, -0.2) is 29.4 Å². The van der Waals surface area contributed by atoms with Gasteiger partial charge < -0.3 is 10.6 Å². The van der Waals surface area contributed by atoms with Crippen LogP contribution < -0.4 is 15.5 Å². The monoisotopic (exact) mass is 487 g/mol. The Kier molecular flexibility index (Phi) is 7.62. The molecule has 1 aliphatic heterocycles. The molecular weight excluding hydrogens is 462 g/mol. The van der Waals surface area contributed by atoms with Crippen LogP contribution in [0.4, 0.5) is 17.1 Å². The van der Waals surface area contributed by atoms with E-state index in [1.54, 1.807) is 42.5 Å². The first-order chi connectivity index (χ1) is 16.9. The number of piperidine rings is 1. The van der Waals surface area contributed by atoms with Crippen LogP contribution >= 0.6 is 11.8 Å². The molecule has 4 amide bonds. The molecule has 8 heteroatoms. The van der Waals surface area contributed by atoms with Crippen molar-refractivity contribution in [1.82, 2.24) is 0 Å². The topological polar surface area (TPSA) is 95.6 Å². The molecule has 35 heavy (non-hydrogen) atoms. The van der Waals surface area contributed by atoms with Crippen LogP contribution in [0.5, 0.6) is 0 Å². The van der Waals surface area contributed by atoms with E-state index < -0.39 is 0 Å². The van der Waals surface area contributed by atoms with Crippen molar-refractivity contribution in [3.63, 3.8) is 0 Å². The van der Waals surface area contributed by atoms with Crippen molar-refractivity contribution >= 4 is 52.5 Å². The molecule has 0 radical (unpaired) electrons. The van der Waals surface area contributed by atoms with Gasteiger partial charge in [0, 0.05) is 29.1 Å². The van der Waals surface area contributed by atoms with Crippen LogP contribution in [0.3, 0.4) is 0 Å². The van der Waals surface area contributed by atoms with Gasteiger partial charge in [-0.1, -0.05) is 29.8 Å². The van der Waals surface area contributed by atoms with Crippen molar-refractivity contribution in [2.45, 2.75) is 31.1 Å². The summed E-state index contributed by atoms with van der Waals surface area (Å²) in [6.07, 6.45) is 1.27. The van der Waals surface area contributed by atoms with E-state index in [4.69, 9.17) is 0 Å². The van der Waals surface area contributed by atoms with E-state index in [1.807, 2.05) is 37.3 Å². The lowest BCUT2D eigenvalue weighted by Gasteiger charge is -2.25. The Labute approximate surface area is 207 Å². The number of imide groups is 1. The van der Waals surface area contributed by atoms with Gasteiger partial charge in [0.05, 0.1) is 17.0 Å². The van der Waals surface area contributed by atoms with Crippen LogP contribution in [0, 0.1) is 6.92 Å². The minimum absolute atomic E-state index is 0.157. The van der Waals surface area contributed by atoms with Gasteiger partial charge in [-0.05, 0) is 61.9 Å². The maximum absolute atomic E-state index is 12.9. The van der Waals surface area contributed by atoms with Crippen molar-refractivity contribution in [3.8, 4) is 0 Å². The number of nitrogens with zero attached hydrogens (tertiary/aromatic N) is 1. The van der Waals surface area contributed by atoms with Crippen molar-refractivity contribution < 1.29 is 19.2 Å². The molecule has 2 N–H and O–H groups in total. The number of carbonyl (C=O) groups is 4. The van der Waals surface area contributed by atoms with E-state index in [9.17, 15) is 19.2 Å². The zero-order valence-electron chi connectivity index (χ0n) is 19.2. The Balaban J connectivity index is 1.38. The summed E-state index contributed by atoms with van der Waals surface area (Å²) in [6.45, 7) is 1.98. The fourth-order valence-corrected chi connectivity index (χ4v) is 4.54. The molecule has 4 rings (SSSR count). The number of benzene rings is 3. The summed E-state index contributed by atoms with van der Waals surface area (Å²) in [5.74, 6) is -0.743. The minimum atomic E-state index is -0.315. The van der Waals surface area contributed by atoms with Crippen LogP contribution in [0.2, 0.25) is 0 Å². The van der Waals surface area contributed by atoms with Crippen LogP contribution in [0.1, 0.15) is 35.2 Å². The zero-order chi connectivity index (χ0) is 24.8. The van der Waals surface area contributed by atoms with Gasteiger partial charge in [0.1, 0.15) is 0 Å². The minimum Gasteiger partial charge on any atom is -0.325 e. The number of rotatable bonds is 7. The second-order valence-corrected chi connectivity index (χ2v) is 9.19. The van der Waals surface area contributed by atoms with E-state index in [-0.39, 0.29) is 29.4 Å². The standard InChI is InChI=1S/C27H25N3O4S/c1-18-9-11-19(12-10-18)28-24(31)17-35-23-6-3-2-5-22(23)27(34)29-20-13-15-21(16-14-20)30-25(32)7-4-8-26(30)33/h2-3,5-6,9-16H,4,7-8,17H2,1H3,(H,28,31)(H,29,34). The lowest BCUT2D eigenvalue weighted by molar-refractivity contribution is -0.129. The highest BCUT2D eigenvalue weighted by Gasteiger charge is 2.27. The molecule has 1 saturated heterocycles. The average Bonchev–Trinajstić information content (AvgIpc) is 2.85. The summed E-state index contributed by atoms with van der Waals surface area (Å²) < 4.78 is 0. The van der Waals surface area contributed by atoms with Gasteiger partial charge >= 0.3 is 0 Å². The van der Waals surface area contributed by atoms with Crippen molar-refractivity contribution in [2.24, 2.45) is 0 Å². The summed E-state index contributed by atoms with van der Waals surface area (Å²) in [4.78, 5) is 51.4. The normalized spacial score (nSPS) is 13.5. The van der Waals surface area contributed by atoms with E-state index in [0.29, 0.717) is 41.1 Å². The van der Waals surface area contributed by atoms with Gasteiger partial charge in [-0.15, -0.1) is 11.8 Å².